The van der Waals surface area contributed by atoms with E-state index in [1.807, 2.05) is 53.4 Å². The fourth-order valence-corrected chi connectivity index (χ4v) is 4.32. The third kappa shape index (κ3) is 4.38. The van der Waals surface area contributed by atoms with Gasteiger partial charge in [-0.3, -0.25) is 9.59 Å². The van der Waals surface area contributed by atoms with Gasteiger partial charge in [-0.15, -0.1) is 0 Å². The summed E-state index contributed by atoms with van der Waals surface area (Å²) in [7, 11) is 0. The SMILES string of the molecule is CCc1ccccc1NC(=O)[C@@H]1CCCN(C(=O)Cc2cccc3ccccc23)C1. The quantitative estimate of drug-likeness (QED) is 0.667. The number of piperidine rings is 1. The number of rotatable bonds is 5. The summed E-state index contributed by atoms with van der Waals surface area (Å²) < 4.78 is 0. The Morgan fingerprint density at radius 3 is 2.57 bits per heavy atom. The van der Waals surface area contributed by atoms with Crippen LogP contribution in [-0.2, 0) is 22.4 Å². The van der Waals surface area contributed by atoms with E-state index in [0.717, 1.165) is 53.4 Å². The molecule has 2 amide bonds. The number of hydrogen-bond donors (Lipinski definition) is 1. The average molecular weight is 401 g/mol. The number of likely N-dealkylation sites (tertiary alicyclic amines) is 1. The van der Waals surface area contributed by atoms with E-state index in [-0.39, 0.29) is 17.7 Å². The standard InChI is InChI=1S/C26H28N2O2/c1-2-19-9-4-6-15-24(19)27-26(30)22-13-8-16-28(18-22)25(29)17-21-12-7-11-20-10-3-5-14-23(20)21/h3-7,9-12,14-15,22H,2,8,13,16-18H2,1H3,(H,27,30)/t22-/m1/s1. The van der Waals surface area contributed by atoms with Crippen LogP contribution in [-0.4, -0.2) is 29.8 Å². The minimum Gasteiger partial charge on any atom is -0.342 e. The summed E-state index contributed by atoms with van der Waals surface area (Å²) in [5.74, 6) is -0.0588. The molecule has 1 heterocycles. The Bertz CT molecular complexity index is 1050. The molecule has 1 N–H and O–H groups in total. The van der Waals surface area contributed by atoms with E-state index in [0.29, 0.717) is 13.0 Å². The first-order valence-corrected chi connectivity index (χ1v) is 10.8. The molecule has 1 saturated heterocycles. The molecule has 4 nitrogen and oxygen atoms in total. The van der Waals surface area contributed by atoms with Crippen molar-refractivity contribution in [3.8, 4) is 0 Å². The lowest BCUT2D eigenvalue weighted by atomic mass is 9.95. The van der Waals surface area contributed by atoms with Gasteiger partial charge < -0.3 is 10.2 Å². The van der Waals surface area contributed by atoms with Gasteiger partial charge in [-0.2, -0.15) is 0 Å². The van der Waals surface area contributed by atoms with Crippen molar-refractivity contribution in [2.45, 2.75) is 32.6 Å². The Balaban J connectivity index is 1.43. The van der Waals surface area contributed by atoms with Crippen LogP contribution in [0.4, 0.5) is 5.69 Å². The highest BCUT2D eigenvalue weighted by molar-refractivity contribution is 5.94. The lowest BCUT2D eigenvalue weighted by Gasteiger charge is -2.32. The first-order chi connectivity index (χ1) is 14.7. The fourth-order valence-electron chi connectivity index (χ4n) is 4.32. The van der Waals surface area contributed by atoms with Crippen LogP contribution in [0.3, 0.4) is 0 Å². The van der Waals surface area contributed by atoms with Gasteiger partial charge in [0.25, 0.3) is 0 Å². The number of nitrogens with zero attached hydrogens (tertiary/aromatic N) is 1. The summed E-state index contributed by atoms with van der Waals surface area (Å²) in [5.41, 5.74) is 3.05. The second-order valence-corrected chi connectivity index (χ2v) is 7.99. The van der Waals surface area contributed by atoms with E-state index in [1.54, 1.807) is 0 Å². The van der Waals surface area contributed by atoms with Gasteiger partial charge >= 0.3 is 0 Å². The van der Waals surface area contributed by atoms with Crippen LogP contribution < -0.4 is 5.32 Å². The molecule has 0 radical (unpaired) electrons. The molecule has 0 saturated carbocycles. The lowest BCUT2D eigenvalue weighted by Crippen LogP contribution is -2.44. The summed E-state index contributed by atoms with van der Waals surface area (Å²) >= 11 is 0. The zero-order valence-corrected chi connectivity index (χ0v) is 17.4. The van der Waals surface area contributed by atoms with Gasteiger partial charge in [-0.05, 0) is 47.2 Å². The van der Waals surface area contributed by atoms with Gasteiger partial charge in [0.15, 0.2) is 0 Å². The molecule has 0 aliphatic carbocycles. The highest BCUT2D eigenvalue weighted by Crippen LogP contribution is 2.23. The Hall–Kier alpha value is -3.14. The molecular weight excluding hydrogens is 372 g/mol. The molecule has 0 unspecified atom stereocenters. The number of aryl methyl sites for hydroxylation is 1. The smallest absolute Gasteiger partial charge is 0.229 e. The van der Waals surface area contributed by atoms with Crippen molar-refractivity contribution >= 4 is 28.3 Å². The van der Waals surface area contributed by atoms with Crippen molar-refractivity contribution in [3.63, 3.8) is 0 Å². The van der Waals surface area contributed by atoms with Crippen LogP contribution in [0.25, 0.3) is 10.8 Å². The fraction of sp³-hybridized carbons (Fsp3) is 0.308. The first kappa shape index (κ1) is 20.1. The predicted octanol–water partition coefficient (Wildman–Crippen LogP) is 4.82. The number of fused-ring (bicyclic) bond motifs is 1. The number of benzene rings is 3. The minimum atomic E-state index is -0.167. The molecule has 0 aromatic heterocycles. The molecule has 4 heteroatoms. The topological polar surface area (TPSA) is 49.4 Å². The van der Waals surface area contributed by atoms with E-state index in [4.69, 9.17) is 0 Å². The molecule has 1 aliphatic rings. The molecule has 3 aromatic rings. The van der Waals surface area contributed by atoms with E-state index < -0.39 is 0 Å². The molecule has 0 spiro atoms. The number of carbonyl (C=O) groups excluding carboxylic acids is 2. The van der Waals surface area contributed by atoms with Crippen LogP contribution in [0, 0.1) is 5.92 Å². The summed E-state index contributed by atoms with van der Waals surface area (Å²) in [6.07, 6.45) is 2.91. The number of para-hydroxylation sites is 1. The van der Waals surface area contributed by atoms with Crippen LogP contribution in [0.1, 0.15) is 30.9 Å². The molecule has 4 rings (SSSR count). The minimum absolute atomic E-state index is 0.0126. The largest absolute Gasteiger partial charge is 0.342 e. The van der Waals surface area contributed by atoms with E-state index in [2.05, 4.69) is 30.4 Å². The maximum absolute atomic E-state index is 13.0. The molecule has 1 atom stereocenters. The number of hydrogen-bond acceptors (Lipinski definition) is 2. The average Bonchev–Trinajstić information content (AvgIpc) is 2.79. The highest BCUT2D eigenvalue weighted by Gasteiger charge is 2.28. The lowest BCUT2D eigenvalue weighted by molar-refractivity contribution is -0.133. The first-order valence-electron chi connectivity index (χ1n) is 10.8. The Kier molecular flexibility index (Phi) is 6.12. The summed E-state index contributed by atoms with van der Waals surface area (Å²) in [6, 6.07) is 22.2. The van der Waals surface area contributed by atoms with Crippen molar-refractivity contribution in [1.82, 2.24) is 4.90 Å². The van der Waals surface area contributed by atoms with Crippen LogP contribution >= 0.6 is 0 Å². The Morgan fingerprint density at radius 2 is 1.70 bits per heavy atom. The molecule has 3 aromatic carbocycles. The zero-order chi connectivity index (χ0) is 20.9. The molecule has 30 heavy (non-hydrogen) atoms. The number of carbonyl (C=O) groups is 2. The van der Waals surface area contributed by atoms with Gasteiger partial charge in [-0.25, -0.2) is 0 Å². The normalized spacial score (nSPS) is 16.4. The van der Waals surface area contributed by atoms with Crippen LogP contribution in [0.5, 0.6) is 0 Å². The second-order valence-electron chi connectivity index (χ2n) is 7.99. The van der Waals surface area contributed by atoms with Gasteiger partial charge in [0.2, 0.25) is 11.8 Å². The zero-order valence-electron chi connectivity index (χ0n) is 17.4. The Morgan fingerprint density at radius 1 is 0.967 bits per heavy atom. The summed E-state index contributed by atoms with van der Waals surface area (Å²) in [5, 5.41) is 5.36. The molecule has 1 aliphatic heterocycles. The predicted molar refractivity (Wildman–Crippen MR) is 121 cm³/mol. The summed E-state index contributed by atoms with van der Waals surface area (Å²) in [6.45, 7) is 3.29. The molecular formula is C26H28N2O2. The van der Waals surface area contributed by atoms with Crippen molar-refractivity contribution in [1.29, 1.82) is 0 Å². The highest BCUT2D eigenvalue weighted by atomic mass is 16.2. The Labute approximate surface area is 177 Å². The van der Waals surface area contributed by atoms with Gasteiger partial charge in [0, 0.05) is 18.8 Å². The second kappa shape index (κ2) is 9.12. The van der Waals surface area contributed by atoms with Gasteiger partial charge in [-0.1, -0.05) is 67.6 Å². The summed E-state index contributed by atoms with van der Waals surface area (Å²) in [4.78, 5) is 27.8. The number of amides is 2. The number of nitrogens with one attached hydrogen (secondary N) is 1. The number of anilines is 1. The maximum atomic E-state index is 13.0. The molecule has 0 bridgehead atoms. The van der Waals surface area contributed by atoms with Crippen LogP contribution in [0.2, 0.25) is 0 Å². The maximum Gasteiger partial charge on any atom is 0.229 e. The van der Waals surface area contributed by atoms with Gasteiger partial charge in [0.05, 0.1) is 12.3 Å². The van der Waals surface area contributed by atoms with E-state index >= 15 is 0 Å². The van der Waals surface area contributed by atoms with Crippen molar-refractivity contribution in [2.75, 3.05) is 18.4 Å². The van der Waals surface area contributed by atoms with Crippen molar-refractivity contribution in [2.24, 2.45) is 5.92 Å². The van der Waals surface area contributed by atoms with Gasteiger partial charge in [0.1, 0.15) is 0 Å². The van der Waals surface area contributed by atoms with Crippen LogP contribution in [0.15, 0.2) is 66.7 Å². The molecule has 1 fully saturated rings. The monoisotopic (exact) mass is 400 g/mol. The van der Waals surface area contributed by atoms with Crippen molar-refractivity contribution in [3.05, 3.63) is 77.9 Å². The third-order valence-electron chi connectivity index (χ3n) is 6.02. The molecule has 154 valence electrons. The van der Waals surface area contributed by atoms with E-state index in [9.17, 15) is 9.59 Å². The van der Waals surface area contributed by atoms with E-state index in [1.165, 1.54) is 0 Å². The van der Waals surface area contributed by atoms with Crippen molar-refractivity contribution < 1.29 is 9.59 Å². The third-order valence-corrected chi connectivity index (χ3v) is 6.02.